The molecule has 0 aliphatic carbocycles. The Hall–Kier alpha value is -4.53. The number of rotatable bonds is 3. The van der Waals surface area contributed by atoms with Crippen LogP contribution in [0.2, 0.25) is 0 Å². The lowest BCUT2D eigenvalue weighted by molar-refractivity contribution is 0.622. The van der Waals surface area contributed by atoms with E-state index in [0.717, 1.165) is 22.7 Å². The molecular formula is C22H13FN8. The number of aromatic nitrogens is 8. The maximum atomic E-state index is 13.7. The second-order valence-electron chi connectivity index (χ2n) is 6.99. The first kappa shape index (κ1) is 17.3. The predicted molar refractivity (Wildman–Crippen MR) is 113 cm³/mol. The van der Waals surface area contributed by atoms with E-state index >= 15 is 0 Å². The fraction of sp³-hybridized carbons (Fsp3) is 0. The van der Waals surface area contributed by atoms with Crippen LogP contribution in [0.5, 0.6) is 0 Å². The Kier molecular flexibility index (Phi) is 3.79. The van der Waals surface area contributed by atoms with Crippen LogP contribution in [0.25, 0.3) is 55.8 Å². The maximum absolute atomic E-state index is 13.7. The Morgan fingerprint density at radius 3 is 2.61 bits per heavy atom. The van der Waals surface area contributed by atoms with Crippen LogP contribution in [0.1, 0.15) is 0 Å². The third-order valence-electron chi connectivity index (χ3n) is 5.05. The van der Waals surface area contributed by atoms with Gasteiger partial charge in [0.15, 0.2) is 11.5 Å². The van der Waals surface area contributed by atoms with E-state index in [9.17, 15) is 4.39 Å². The minimum Gasteiger partial charge on any atom is -0.335 e. The lowest BCUT2D eigenvalue weighted by Crippen LogP contribution is -1.86. The molecule has 0 amide bonds. The predicted octanol–water partition coefficient (Wildman–Crippen LogP) is 4.16. The topological polar surface area (TPSA) is 109 Å². The molecule has 8 nitrogen and oxygen atoms in total. The Labute approximate surface area is 174 Å². The van der Waals surface area contributed by atoms with Crippen LogP contribution in [0.15, 0.2) is 67.6 Å². The zero-order valence-electron chi connectivity index (χ0n) is 15.9. The smallest absolute Gasteiger partial charge is 0.159 e. The van der Waals surface area contributed by atoms with Gasteiger partial charge in [0.2, 0.25) is 0 Å². The standard InChI is InChI=1S/C22H13FN8/c23-15-4-14(7-25-9-15)17-10-26-11-18-19(17)29-22(28-18)20-16-5-13(8-27-21(16)31-30-20)12-2-1-3-24-6-12/h1-11H,(H,28,29)(H,27,30,31). The van der Waals surface area contributed by atoms with Crippen molar-refractivity contribution < 1.29 is 4.39 Å². The zero-order chi connectivity index (χ0) is 20.8. The fourth-order valence-corrected chi connectivity index (χ4v) is 3.59. The van der Waals surface area contributed by atoms with E-state index in [2.05, 4.69) is 35.1 Å². The third-order valence-corrected chi connectivity index (χ3v) is 5.05. The molecule has 0 unspecified atom stereocenters. The van der Waals surface area contributed by atoms with Crippen molar-refractivity contribution in [1.82, 2.24) is 40.1 Å². The third kappa shape index (κ3) is 2.91. The van der Waals surface area contributed by atoms with E-state index < -0.39 is 5.82 Å². The van der Waals surface area contributed by atoms with Gasteiger partial charge in [-0.1, -0.05) is 6.07 Å². The molecule has 0 aromatic carbocycles. The second kappa shape index (κ2) is 6.77. The Morgan fingerprint density at radius 1 is 0.839 bits per heavy atom. The highest BCUT2D eigenvalue weighted by Gasteiger charge is 2.17. The number of H-pyrrole nitrogens is 2. The number of fused-ring (bicyclic) bond motifs is 2. The number of nitrogens with zero attached hydrogens (tertiary/aromatic N) is 6. The lowest BCUT2D eigenvalue weighted by atomic mass is 10.1. The molecule has 6 aromatic heterocycles. The lowest BCUT2D eigenvalue weighted by Gasteiger charge is -2.01. The molecule has 0 fully saturated rings. The monoisotopic (exact) mass is 408 g/mol. The number of hydrogen-bond donors (Lipinski definition) is 2. The molecule has 148 valence electrons. The molecular weight excluding hydrogens is 395 g/mol. The Bertz CT molecular complexity index is 1550. The van der Waals surface area contributed by atoms with Gasteiger partial charge in [0, 0.05) is 53.2 Å². The van der Waals surface area contributed by atoms with Gasteiger partial charge in [-0.05, 0) is 18.2 Å². The van der Waals surface area contributed by atoms with Crippen LogP contribution in [0, 0.1) is 5.82 Å². The molecule has 0 bridgehead atoms. The molecule has 0 radical (unpaired) electrons. The van der Waals surface area contributed by atoms with E-state index in [0.29, 0.717) is 39.3 Å². The van der Waals surface area contributed by atoms with E-state index in [1.807, 2.05) is 18.2 Å². The highest BCUT2D eigenvalue weighted by atomic mass is 19.1. The van der Waals surface area contributed by atoms with E-state index in [-0.39, 0.29) is 0 Å². The van der Waals surface area contributed by atoms with Crippen LogP contribution in [-0.4, -0.2) is 40.1 Å². The maximum Gasteiger partial charge on any atom is 0.159 e. The number of pyridine rings is 4. The number of aromatic amines is 2. The summed E-state index contributed by atoms with van der Waals surface area (Å²) >= 11 is 0. The zero-order valence-corrected chi connectivity index (χ0v) is 15.9. The van der Waals surface area contributed by atoms with Gasteiger partial charge in [-0.3, -0.25) is 20.1 Å². The van der Waals surface area contributed by atoms with Crippen LogP contribution >= 0.6 is 0 Å². The van der Waals surface area contributed by atoms with Gasteiger partial charge in [-0.25, -0.2) is 14.4 Å². The summed E-state index contributed by atoms with van der Waals surface area (Å²) in [6.07, 6.45) is 11.4. The van der Waals surface area contributed by atoms with Crippen LogP contribution < -0.4 is 0 Å². The number of nitrogens with one attached hydrogen (secondary N) is 2. The van der Waals surface area contributed by atoms with Crippen molar-refractivity contribution >= 4 is 22.1 Å². The number of hydrogen-bond acceptors (Lipinski definition) is 6. The van der Waals surface area contributed by atoms with Crippen molar-refractivity contribution in [2.75, 3.05) is 0 Å². The van der Waals surface area contributed by atoms with Crippen molar-refractivity contribution in [3.63, 3.8) is 0 Å². The Morgan fingerprint density at radius 2 is 1.74 bits per heavy atom. The van der Waals surface area contributed by atoms with E-state index in [1.165, 1.54) is 6.07 Å². The summed E-state index contributed by atoms with van der Waals surface area (Å²) in [5, 5.41) is 8.20. The first-order valence-electron chi connectivity index (χ1n) is 9.46. The van der Waals surface area contributed by atoms with Crippen molar-refractivity contribution in [2.24, 2.45) is 0 Å². The summed E-state index contributed by atoms with van der Waals surface area (Å²) < 4.78 is 13.7. The quantitative estimate of drug-likeness (QED) is 0.455. The van der Waals surface area contributed by atoms with Crippen LogP contribution in [0.3, 0.4) is 0 Å². The van der Waals surface area contributed by atoms with Gasteiger partial charge < -0.3 is 4.98 Å². The molecule has 0 spiro atoms. The van der Waals surface area contributed by atoms with Gasteiger partial charge in [-0.15, -0.1) is 0 Å². The molecule has 0 aliphatic heterocycles. The van der Waals surface area contributed by atoms with E-state index in [1.54, 1.807) is 37.2 Å². The van der Waals surface area contributed by atoms with Crippen LogP contribution in [0.4, 0.5) is 4.39 Å². The minimum absolute atomic E-state index is 0.419. The van der Waals surface area contributed by atoms with Crippen molar-refractivity contribution in [2.45, 2.75) is 0 Å². The molecule has 6 heterocycles. The highest BCUT2D eigenvalue weighted by Crippen LogP contribution is 2.31. The average Bonchev–Trinajstić information content (AvgIpc) is 3.43. The van der Waals surface area contributed by atoms with Gasteiger partial charge in [0.1, 0.15) is 17.0 Å². The molecule has 6 rings (SSSR count). The first-order valence-corrected chi connectivity index (χ1v) is 9.46. The summed E-state index contributed by atoms with van der Waals surface area (Å²) in [4.78, 5) is 24.9. The highest BCUT2D eigenvalue weighted by molar-refractivity contribution is 5.96. The van der Waals surface area contributed by atoms with Crippen molar-refractivity contribution in [3.8, 4) is 33.8 Å². The molecule has 0 saturated carbocycles. The van der Waals surface area contributed by atoms with Crippen LogP contribution in [-0.2, 0) is 0 Å². The van der Waals surface area contributed by atoms with Gasteiger partial charge in [0.05, 0.1) is 23.3 Å². The number of imidazole rings is 1. The second-order valence-corrected chi connectivity index (χ2v) is 6.99. The minimum atomic E-state index is -0.419. The molecule has 9 heteroatoms. The molecule has 31 heavy (non-hydrogen) atoms. The van der Waals surface area contributed by atoms with Gasteiger partial charge >= 0.3 is 0 Å². The SMILES string of the molecule is Fc1cncc(-c2cncc3[nH]c(-c4n[nH]c5ncc(-c6cccnc6)cc45)nc23)c1. The largest absolute Gasteiger partial charge is 0.335 e. The molecule has 0 saturated heterocycles. The summed E-state index contributed by atoms with van der Waals surface area (Å²) in [6, 6.07) is 7.26. The summed E-state index contributed by atoms with van der Waals surface area (Å²) in [5.41, 5.74) is 5.81. The molecule has 2 N–H and O–H groups in total. The summed E-state index contributed by atoms with van der Waals surface area (Å²) in [5.74, 6) is 0.141. The van der Waals surface area contributed by atoms with Crippen molar-refractivity contribution in [1.29, 1.82) is 0 Å². The first-order chi connectivity index (χ1) is 15.3. The Balaban J connectivity index is 1.52. The van der Waals surface area contributed by atoms with Gasteiger partial charge in [-0.2, -0.15) is 5.10 Å². The fourth-order valence-electron chi connectivity index (χ4n) is 3.59. The van der Waals surface area contributed by atoms with Gasteiger partial charge in [0.25, 0.3) is 0 Å². The molecule has 0 aliphatic rings. The molecule has 6 aromatic rings. The van der Waals surface area contributed by atoms with E-state index in [4.69, 9.17) is 4.98 Å². The normalized spacial score (nSPS) is 11.4. The molecule has 0 atom stereocenters. The summed E-state index contributed by atoms with van der Waals surface area (Å²) in [6.45, 7) is 0. The van der Waals surface area contributed by atoms with Crippen molar-refractivity contribution in [3.05, 3.63) is 73.5 Å². The number of halogens is 1. The average molecular weight is 408 g/mol. The summed E-state index contributed by atoms with van der Waals surface area (Å²) in [7, 11) is 0.